The predicted molar refractivity (Wildman–Crippen MR) is 75.4 cm³/mol. The highest BCUT2D eigenvalue weighted by Crippen LogP contribution is 2.23. The van der Waals surface area contributed by atoms with Crippen LogP contribution in [-0.4, -0.2) is 64.6 Å². The fraction of sp³-hybridized carbons (Fsp3) is 0.750. The minimum absolute atomic E-state index is 0.0299. The van der Waals surface area contributed by atoms with E-state index < -0.39 is 0 Å². The van der Waals surface area contributed by atoms with Crippen LogP contribution in [0.2, 0.25) is 0 Å². The number of hydrogen-bond donors (Lipinski definition) is 1. The van der Waals surface area contributed by atoms with Crippen LogP contribution in [0.25, 0.3) is 0 Å². The first-order valence-electron chi connectivity index (χ1n) is 6.56. The summed E-state index contributed by atoms with van der Waals surface area (Å²) in [6, 6.07) is 0.0772. The smallest absolute Gasteiger partial charge is 0.267 e. The molecule has 0 radical (unpaired) electrons. The first kappa shape index (κ1) is 14.4. The summed E-state index contributed by atoms with van der Waals surface area (Å²) in [6.45, 7) is 6.96. The summed E-state index contributed by atoms with van der Waals surface area (Å²) >= 11 is 1.19. The molecular weight excluding hydrogens is 262 g/mol. The fourth-order valence-electron chi connectivity index (χ4n) is 2.33. The number of aromatic nitrogens is 2. The van der Waals surface area contributed by atoms with Gasteiger partial charge in [-0.15, -0.1) is 5.10 Å². The number of piperazine rings is 1. The second kappa shape index (κ2) is 5.94. The van der Waals surface area contributed by atoms with Gasteiger partial charge < -0.3 is 15.5 Å². The van der Waals surface area contributed by atoms with Gasteiger partial charge in [0, 0.05) is 26.2 Å². The highest BCUT2D eigenvalue weighted by atomic mass is 32.1. The van der Waals surface area contributed by atoms with E-state index in [0.29, 0.717) is 18.0 Å². The van der Waals surface area contributed by atoms with Gasteiger partial charge in [0.1, 0.15) is 4.88 Å². The van der Waals surface area contributed by atoms with E-state index in [4.69, 9.17) is 5.73 Å². The number of carbonyl (C=O) groups is 1. The summed E-state index contributed by atoms with van der Waals surface area (Å²) in [4.78, 5) is 17.4. The van der Waals surface area contributed by atoms with Gasteiger partial charge in [0.2, 0.25) is 0 Å². The number of nitrogens with zero attached hydrogens (tertiary/aromatic N) is 4. The zero-order valence-corrected chi connectivity index (χ0v) is 12.5. The molecule has 1 unspecified atom stereocenters. The van der Waals surface area contributed by atoms with Gasteiger partial charge in [-0.05, 0) is 24.5 Å². The highest BCUT2D eigenvalue weighted by molar-refractivity contribution is 7.08. The Morgan fingerprint density at radius 3 is 2.89 bits per heavy atom. The standard InChI is InChI=1S/C12H21N5OS/c1-8(2)10-11(19-15-14-10)12(18)17-5-4-16(3)7-9(17)6-13/h8-9H,4-7,13H2,1-3H3. The summed E-state index contributed by atoms with van der Waals surface area (Å²) in [7, 11) is 2.05. The maximum atomic E-state index is 12.6. The minimum atomic E-state index is 0.0299. The second-order valence-corrected chi connectivity index (χ2v) is 6.05. The molecule has 0 spiro atoms. The Bertz CT molecular complexity index is 447. The first-order chi connectivity index (χ1) is 9.04. The molecule has 1 fully saturated rings. The summed E-state index contributed by atoms with van der Waals surface area (Å²) in [5.41, 5.74) is 6.59. The molecule has 0 aromatic carbocycles. The number of carbonyl (C=O) groups excluding carboxylic acids is 1. The Balaban J connectivity index is 2.20. The van der Waals surface area contributed by atoms with E-state index >= 15 is 0 Å². The Morgan fingerprint density at radius 1 is 1.53 bits per heavy atom. The predicted octanol–water partition coefficient (Wildman–Crippen LogP) is 0.376. The SMILES string of the molecule is CC(C)c1nnsc1C(=O)N1CCN(C)CC1CN. The third kappa shape index (κ3) is 2.93. The number of hydrogen-bond acceptors (Lipinski definition) is 6. The lowest BCUT2D eigenvalue weighted by molar-refractivity contribution is 0.0519. The number of amides is 1. The van der Waals surface area contributed by atoms with Crippen molar-refractivity contribution in [2.75, 3.05) is 33.2 Å². The largest absolute Gasteiger partial charge is 0.331 e. The molecule has 7 heteroatoms. The third-order valence-electron chi connectivity index (χ3n) is 3.47. The fourth-order valence-corrected chi connectivity index (χ4v) is 3.11. The van der Waals surface area contributed by atoms with Crippen molar-refractivity contribution < 1.29 is 4.79 Å². The lowest BCUT2D eigenvalue weighted by atomic mass is 10.1. The lowest BCUT2D eigenvalue weighted by Gasteiger charge is -2.39. The molecule has 19 heavy (non-hydrogen) atoms. The third-order valence-corrected chi connectivity index (χ3v) is 4.20. The Hall–Kier alpha value is -1.05. The van der Waals surface area contributed by atoms with Gasteiger partial charge in [-0.1, -0.05) is 18.3 Å². The van der Waals surface area contributed by atoms with Crippen LogP contribution < -0.4 is 5.73 Å². The van der Waals surface area contributed by atoms with Crippen molar-refractivity contribution >= 4 is 17.4 Å². The van der Waals surface area contributed by atoms with Crippen molar-refractivity contribution in [2.45, 2.75) is 25.8 Å². The molecule has 2 N–H and O–H groups in total. The van der Waals surface area contributed by atoms with Crippen molar-refractivity contribution in [3.8, 4) is 0 Å². The average molecular weight is 283 g/mol. The zero-order chi connectivity index (χ0) is 14.0. The Morgan fingerprint density at radius 2 is 2.26 bits per heavy atom. The summed E-state index contributed by atoms with van der Waals surface area (Å²) in [6.07, 6.45) is 0. The minimum Gasteiger partial charge on any atom is -0.331 e. The normalized spacial score (nSPS) is 21.1. The molecule has 1 aliphatic rings. The molecule has 1 aromatic rings. The molecule has 0 bridgehead atoms. The van der Waals surface area contributed by atoms with Gasteiger partial charge in [0.25, 0.3) is 5.91 Å². The maximum absolute atomic E-state index is 12.6. The number of nitrogens with two attached hydrogens (primary N) is 1. The lowest BCUT2D eigenvalue weighted by Crippen LogP contribution is -2.56. The number of rotatable bonds is 3. The topological polar surface area (TPSA) is 75.4 Å². The molecule has 0 aliphatic carbocycles. The Labute approximate surface area is 117 Å². The van der Waals surface area contributed by atoms with Gasteiger partial charge in [0.05, 0.1) is 11.7 Å². The van der Waals surface area contributed by atoms with E-state index in [9.17, 15) is 4.79 Å². The van der Waals surface area contributed by atoms with Crippen LogP contribution in [0.5, 0.6) is 0 Å². The summed E-state index contributed by atoms with van der Waals surface area (Å²) < 4.78 is 3.93. The summed E-state index contributed by atoms with van der Waals surface area (Å²) in [5, 5.41) is 4.08. The van der Waals surface area contributed by atoms with E-state index in [1.54, 1.807) is 0 Å². The van der Waals surface area contributed by atoms with Crippen LogP contribution in [-0.2, 0) is 0 Å². The molecular formula is C12H21N5OS. The van der Waals surface area contributed by atoms with Crippen LogP contribution in [0.1, 0.15) is 35.1 Å². The molecule has 2 heterocycles. The van der Waals surface area contributed by atoms with Gasteiger partial charge >= 0.3 is 0 Å². The van der Waals surface area contributed by atoms with Crippen LogP contribution >= 0.6 is 11.5 Å². The maximum Gasteiger partial charge on any atom is 0.267 e. The molecule has 106 valence electrons. The van der Waals surface area contributed by atoms with Crippen molar-refractivity contribution in [3.05, 3.63) is 10.6 Å². The first-order valence-corrected chi connectivity index (χ1v) is 7.33. The van der Waals surface area contributed by atoms with Crippen molar-refractivity contribution in [2.24, 2.45) is 5.73 Å². The van der Waals surface area contributed by atoms with Gasteiger partial charge in [-0.25, -0.2) is 0 Å². The van der Waals surface area contributed by atoms with Crippen molar-refractivity contribution in [3.63, 3.8) is 0 Å². The van der Waals surface area contributed by atoms with Crippen molar-refractivity contribution in [1.82, 2.24) is 19.4 Å². The molecule has 1 aromatic heterocycles. The monoisotopic (exact) mass is 283 g/mol. The van der Waals surface area contributed by atoms with E-state index in [0.717, 1.165) is 18.8 Å². The molecule has 1 saturated heterocycles. The second-order valence-electron chi connectivity index (χ2n) is 5.29. The average Bonchev–Trinajstić information content (AvgIpc) is 2.87. The molecule has 1 aliphatic heterocycles. The van der Waals surface area contributed by atoms with Gasteiger partial charge in [-0.3, -0.25) is 4.79 Å². The van der Waals surface area contributed by atoms with Crippen molar-refractivity contribution in [1.29, 1.82) is 0 Å². The molecule has 1 atom stereocenters. The van der Waals surface area contributed by atoms with E-state index in [-0.39, 0.29) is 17.9 Å². The van der Waals surface area contributed by atoms with Crippen LogP contribution in [0, 0.1) is 0 Å². The van der Waals surface area contributed by atoms with Crippen LogP contribution in [0.3, 0.4) is 0 Å². The van der Waals surface area contributed by atoms with Crippen LogP contribution in [0.15, 0.2) is 0 Å². The van der Waals surface area contributed by atoms with E-state index in [1.807, 2.05) is 18.7 Å². The van der Waals surface area contributed by atoms with E-state index in [1.165, 1.54) is 11.5 Å². The van der Waals surface area contributed by atoms with Crippen LogP contribution in [0.4, 0.5) is 0 Å². The quantitative estimate of drug-likeness (QED) is 0.868. The number of likely N-dealkylation sites (N-methyl/N-ethyl adjacent to an activating group) is 1. The summed E-state index contributed by atoms with van der Waals surface area (Å²) in [5.74, 6) is 0.240. The highest BCUT2D eigenvalue weighted by Gasteiger charge is 2.31. The molecule has 2 rings (SSSR count). The van der Waals surface area contributed by atoms with Gasteiger partial charge in [-0.2, -0.15) is 0 Å². The zero-order valence-electron chi connectivity index (χ0n) is 11.7. The Kier molecular flexibility index (Phi) is 4.49. The molecule has 1 amide bonds. The molecule has 6 nitrogen and oxygen atoms in total. The van der Waals surface area contributed by atoms with E-state index in [2.05, 4.69) is 21.5 Å². The van der Waals surface area contributed by atoms with Gasteiger partial charge in [0.15, 0.2) is 0 Å². The molecule has 0 saturated carbocycles.